The van der Waals surface area contributed by atoms with Crippen LogP contribution < -0.4 is 10.1 Å². The molecule has 0 saturated carbocycles. The normalized spacial score (nSPS) is 18.2. The third-order valence-corrected chi connectivity index (χ3v) is 7.64. The summed E-state index contributed by atoms with van der Waals surface area (Å²) in [5.41, 5.74) is 2.16. The summed E-state index contributed by atoms with van der Waals surface area (Å²) in [6.07, 6.45) is 0. The van der Waals surface area contributed by atoms with Gasteiger partial charge in [-0.25, -0.2) is 9.59 Å². The lowest BCUT2D eigenvalue weighted by Crippen LogP contribution is -2.53. The number of piperazine rings is 1. The summed E-state index contributed by atoms with van der Waals surface area (Å²) in [7, 11) is 1.58. The molecule has 1 N–H and O–H groups in total. The molecule has 4 rings (SSSR count). The van der Waals surface area contributed by atoms with Crippen molar-refractivity contribution in [1.29, 1.82) is 0 Å². The van der Waals surface area contributed by atoms with Gasteiger partial charge in [-0.05, 0) is 55.8 Å². The van der Waals surface area contributed by atoms with Crippen LogP contribution in [0.15, 0.2) is 53.7 Å². The summed E-state index contributed by atoms with van der Waals surface area (Å²) in [5, 5.41) is 3.63. The molecule has 1 atom stereocenters. The minimum absolute atomic E-state index is 0.0457. The predicted octanol–water partition coefficient (Wildman–Crippen LogP) is 4.36. The second-order valence-electron chi connectivity index (χ2n) is 9.18. The highest BCUT2D eigenvalue weighted by molar-refractivity contribution is 6.42. The molecule has 0 aromatic heterocycles. The fraction of sp³-hybridized carbons (Fsp3) is 0.393. The zero-order valence-corrected chi connectivity index (χ0v) is 23.7. The van der Waals surface area contributed by atoms with Crippen molar-refractivity contribution in [2.45, 2.75) is 19.9 Å². The highest BCUT2D eigenvalue weighted by Crippen LogP contribution is 2.35. The number of amides is 3. The Balaban J connectivity index is 1.58. The second kappa shape index (κ2) is 12.7. The molecule has 1 saturated heterocycles. The molecule has 2 aliphatic rings. The smallest absolute Gasteiger partial charge is 0.338 e. The van der Waals surface area contributed by atoms with Crippen LogP contribution in [0.1, 0.15) is 35.8 Å². The summed E-state index contributed by atoms with van der Waals surface area (Å²) in [5.74, 6) is 0.143. The second-order valence-corrected chi connectivity index (χ2v) is 9.99. The molecule has 1 unspecified atom stereocenters. The Morgan fingerprint density at radius 2 is 1.69 bits per heavy atom. The minimum Gasteiger partial charge on any atom is -0.497 e. The Hall–Kier alpha value is -3.27. The van der Waals surface area contributed by atoms with Gasteiger partial charge in [-0.1, -0.05) is 29.3 Å². The number of likely N-dealkylation sites (N-methyl/N-ethyl adjacent to an activating group) is 1. The molecule has 2 heterocycles. The summed E-state index contributed by atoms with van der Waals surface area (Å²) < 4.78 is 10.6. The number of benzene rings is 2. The van der Waals surface area contributed by atoms with E-state index in [1.165, 1.54) is 0 Å². The van der Waals surface area contributed by atoms with Crippen LogP contribution in [-0.2, 0) is 9.53 Å². The van der Waals surface area contributed by atoms with E-state index in [0.717, 1.165) is 0 Å². The lowest BCUT2D eigenvalue weighted by atomic mass is 9.94. The highest BCUT2D eigenvalue weighted by atomic mass is 35.5. The molecule has 1 fully saturated rings. The van der Waals surface area contributed by atoms with E-state index in [1.54, 1.807) is 61.4 Å². The fourth-order valence-electron chi connectivity index (χ4n) is 4.84. The average molecular weight is 575 g/mol. The zero-order valence-electron chi connectivity index (χ0n) is 22.2. The Morgan fingerprint density at radius 3 is 2.28 bits per heavy atom. The number of hydrogen-bond acceptors (Lipinski definition) is 6. The van der Waals surface area contributed by atoms with Gasteiger partial charge in [0.15, 0.2) is 0 Å². The number of urea groups is 1. The molecule has 208 valence electrons. The van der Waals surface area contributed by atoms with E-state index in [2.05, 4.69) is 10.2 Å². The van der Waals surface area contributed by atoms with Crippen LogP contribution in [0, 0.1) is 0 Å². The maximum atomic E-state index is 13.3. The van der Waals surface area contributed by atoms with E-state index in [9.17, 15) is 14.4 Å². The van der Waals surface area contributed by atoms with Crippen LogP contribution in [0.4, 0.5) is 4.79 Å². The summed E-state index contributed by atoms with van der Waals surface area (Å²) in [4.78, 5) is 45.0. The molecular weight excluding hydrogens is 543 g/mol. The summed E-state index contributed by atoms with van der Waals surface area (Å²) in [6, 6.07) is 11.0. The van der Waals surface area contributed by atoms with Crippen molar-refractivity contribution >= 4 is 41.1 Å². The number of carbonyl (C=O) groups is 3. The van der Waals surface area contributed by atoms with Crippen molar-refractivity contribution in [3.63, 3.8) is 0 Å². The van der Waals surface area contributed by atoms with Crippen LogP contribution >= 0.6 is 23.2 Å². The number of rotatable bonds is 8. The molecule has 11 heteroatoms. The first-order chi connectivity index (χ1) is 18.8. The van der Waals surface area contributed by atoms with Crippen molar-refractivity contribution in [2.75, 3.05) is 53.0 Å². The monoisotopic (exact) mass is 574 g/mol. The molecule has 3 amide bonds. The number of methoxy groups -OCH3 is 1. The molecule has 0 bridgehead atoms. The van der Waals surface area contributed by atoms with Gasteiger partial charge in [-0.2, -0.15) is 0 Å². The zero-order chi connectivity index (χ0) is 28.1. The fourth-order valence-corrected chi connectivity index (χ4v) is 5.14. The van der Waals surface area contributed by atoms with Gasteiger partial charge in [-0.3, -0.25) is 14.6 Å². The van der Waals surface area contributed by atoms with Gasteiger partial charge in [0.1, 0.15) is 5.75 Å². The average Bonchev–Trinajstić information content (AvgIpc) is 2.94. The lowest BCUT2D eigenvalue weighted by molar-refractivity contribution is -0.139. The molecule has 9 nitrogen and oxygen atoms in total. The van der Waals surface area contributed by atoms with Crippen molar-refractivity contribution < 1.29 is 23.9 Å². The number of esters is 1. The van der Waals surface area contributed by atoms with E-state index in [0.29, 0.717) is 77.5 Å². The van der Waals surface area contributed by atoms with Crippen LogP contribution in [0.25, 0.3) is 0 Å². The standard InChI is InChI=1S/C28H32Cl2N4O5/c1-4-34-23(17-32-12-14-33(15-13-32)26(35)18-6-9-20(38-3)10-7-18)24(27(36)39-5-2)25(31-28(34)37)19-8-11-21(29)22(30)16-19/h6-11,16,25H,4-5,12-15,17H2,1-3H3,(H,31,37). The molecule has 0 spiro atoms. The molecule has 2 aliphatic heterocycles. The largest absolute Gasteiger partial charge is 0.497 e. The van der Waals surface area contributed by atoms with Gasteiger partial charge in [-0.15, -0.1) is 0 Å². The van der Waals surface area contributed by atoms with Crippen molar-refractivity contribution in [3.8, 4) is 5.75 Å². The van der Waals surface area contributed by atoms with Gasteiger partial charge < -0.3 is 19.7 Å². The van der Waals surface area contributed by atoms with E-state index in [4.69, 9.17) is 32.7 Å². The molecule has 2 aromatic rings. The van der Waals surface area contributed by atoms with Crippen LogP contribution in [0.5, 0.6) is 5.75 Å². The molecule has 0 radical (unpaired) electrons. The third kappa shape index (κ3) is 6.32. The van der Waals surface area contributed by atoms with Gasteiger partial charge in [0, 0.05) is 50.5 Å². The van der Waals surface area contributed by atoms with E-state index in [-0.39, 0.29) is 18.5 Å². The van der Waals surface area contributed by atoms with E-state index < -0.39 is 12.0 Å². The third-order valence-electron chi connectivity index (χ3n) is 6.90. The molecule has 0 aliphatic carbocycles. The molecule has 39 heavy (non-hydrogen) atoms. The quantitative estimate of drug-likeness (QED) is 0.471. The maximum Gasteiger partial charge on any atom is 0.338 e. The summed E-state index contributed by atoms with van der Waals surface area (Å²) in [6.45, 7) is 6.69. The Labute approximate surface area is 238 Å². The van der Waals surface area contributed by atoms with Crippen molar-refractivity contribution in [1.82, 2.24) is 20.0 Å². The van der Waals surface area contributed by atoms with E-state index in [1.807, 2.05) is 11.8 Å². The van der Waals surface area contributed by atoms with Gasteiger partial charge in [0.25, 0.3) is 5.91 Å². The SMILES string of the molecule is CCOC(=O)C1=C(CN2CCN(C(=O)c3ccc(OC)cc3)CC2)N(CC)C(=O)NC1c1ccc(Cl)c(Cl)c1. The highest BCUT2D eigenvalue weighted by Gasteiger charge is 2.39. The predicted molar refractivity (Wildman–Crippen MR) is 149 cm³/mol. The first-order valence-corrected chi connectivity index (χ1v) is 13.6. The van der Waals surface area contributed by atoms with Crippen LogP contribution in [0.2, 0.25) is 10.0 Å². The topological polar surface area (TPSA) is 91.4 Å². The van der Waals surface area contributed by atoms with Gasteiger partial charge in [0.2, 0.25) is 0 Å². The summed E-state index contributed by atoms with van der Waals surface area (Å²) >= 11 is 12.4. The van der Waals surface area contributed by atoms with Crippen molar-refractivity contribution in [3.05, 3.63) is 74.9 Å². The molecular formula is C28H32Cl2N4O5. The van der Waals surface area contributed by atoms with Crippen molar-refractivity contribution in [2.24, 2.45) is 0 Å². The molecule has 2 aromatic carbocycles. The minimum atomic E-state index is -0.748. The van der Waals surface area contributed by atoms with E-state index >= 15 is 0 Å². The number of nitrogens with zero attached hydrogens (tertiary/aromatic N) is 3. The number of ether oxygens (including phenoxy) is 2. The van der Waals surface area contributed by atoms with Crippen LogP contribution in [-0.4, -0.2) is 85.6 Å². The van der Waals surface area contributed by atoms with Gasteiger partial charge in [0.05, 0.1) is 35.4 Å². The maximum absolute atomic E-state index is 13.3. The first kappa shape index (κ1) is 28.7. The Bertz CT molecular complexity index is 1260. The Morgan fingerprint density at radius 1 is 1.00 bits per heavy atom. The number of halogens is 2. The number of hydrogen-bond donors (Lipinski definition) is 1. The first-order valence-electron chi connectivity index (χ1n) is 12.9. The number of carbonyl (C=O) groups excluding carboxylic acids is 3. The number of nitrogens with one attached hydrogen (secondary N) is 1. The van der Waals surface area contributed by atoms with Gasteiger partial charge >= 0.3 is 12.0 Å². The van der Waals surface area contributed by atoms with Crippen LogP contribution in [0.3, 0.4) is 0 Å². The lowest BCUT2D eigenvalue weighted by Gasteiger charge is -2.40. The Kier molecular flexibility index (Phi) is 9.37.